The molecule has 11 aromatic rings. The number of fused-ring (bicyclic) bond motifs is 9. The van der Waals surface area contributed by atoms with Crippen molar-refractivity contribution in [3.63, 3.8) is 0 Å². The molecular weight excluding hydrogens is 671 g/mol. The molecule has 0 spiro atoms. The molecule has 0 radical (unpaired) electrons. The Morgan fingerprint density at radius 1 is 0.309 bits per heavy atom. The average Bonchev–Trinajstić information content (AvgIpc) is 3.88. The van der Waals surface area contributed by atoms with Gasteiger partial charge in [0.15, 0.2) is 11.4 Å². The molecule has 0 fully saturated rings. The van der Waals surface area contributed by atoms with E-state index in [1.54, 1.807) is 0 Å². The van der Waals surface area contributed by atoms with Crippen molar-refractivity contribution >= 4 is 76.8 Å². The Morgan fingerprint density at radius 3 is 1.40 bits per heavy atom. The summed E-state index contributed by atoms with van der Waals surface area (Å²) >= 11 is 0. The van der Waals surface area contributed by atoms with E-state index in [1.807, 2.05) is 36.4 Å². The number of hydrogen-bond donors (Lipinski definition) is 0. The fourth-order valence-corrected chi connectivity index (χ4v) is 8.75. The zero-order valence-electron chi connectivity index (χ0n) is 29.5. The molecule has 0 amide bonds. The van der Waals surface area contributed by atoms with Gasteiger partial charge in [0.2, 0.25) is 0 Å². The standard InChI is InChI=1S/C50H29N5/c1-51-32-23-26-40(49(29-32)55-46-21-11-6-16-38(46)41-27-24-33(52-2)30-50(41)55)37-15-5-10-20-45(37)54-47-22-12-7-17-39(47)42-31-34(25-28-48(42)54)53-43-18-8-3-13-35(43)36-14-4-9-19-44(36)53/h3-31H. The van der Waals surface area contributed by atoms with Crippen molar-refractivity contribution in [2.24, 2.45) is 0 Å². The number of benzene rings is 8. The van der Waals surface area contributed by atoms with E-state index >= 15 is 0 Å². The molecule has 254 valence electrons. The number of para-hydroxylation sites is 5. The molecule has 8 aromatic carbocycles. The van der Waals surface area contributed by atoms with Crippen LogP contribution in [0, 0.1) is 13.1 Å². The first-order chi connectivity index (χ1) is 27.2. The van der Waals surface area contributed by atoms with Crippen LogP contribution in [0.2, 0.25) is 0 Å². The van der Waals surface area contributed by atoms with Crippen LogP contribution in [-0.4, -0.2) is 13.7 Å². The van der Waals surface area contributed by atoms with Gasteiger partial charge in [0.1, 0.15) is 0 Å². The zero-order valence-corrected chi connectivity index (χ0v) is 29.5. The minimum atomic E-state index is 0.554. The number of rotatable bonds is 4. The van der Waals surface area contributed by atoms with Crippen LogP contribution < -0.4 is 0 Å². The first kappa shape index (κ1) is 30.7. The van der Waals surface area contributed by atoms with Gasteiger partial charge in [0, 0.05) is 60.3 Å². The lowest BCUT2D eigenvalue weighted by Gasteiger charge is -2.19. The molecule has 3 heterocycles. The van der Waals surface area contributed by atoms with Gasteiger partial charge in [0.05, 0.1) is 46.4 Å². The van der Waals surface area contributed by atoms with Crippen LogP contribution in [0.1, 0.15) is 0 Å². The summed E-state index contributed by atoms with van der Waals surface area (Å²) in [4.78, 5) is 7.65. The van der Waals surface area contributed by atoms with Crippen LogP contribution in [0.3, 0.4) is 0 Å². The van der Waals surface area contributed by atoms with Gasteiger partial charge in [0.25, 0.3) is 0 Å². The van der Waals surface area contributed by atoms with Crippen molar-refractivity contribution < 1.29 is 0 Å². The van der Waals surface area contributed by atoms with Crippen LogP contribution in [0.4, 0.5) is 11.4 Å². The highest BCUT2D eigenvalue weighted by Crippen LogP contribution is 2.43. The summed E-state index contributed by atoms with van der Waals surface area (Å²) < 4.78 is 6.98. The number of hydrogen-bond acceptors (Lipinski definition) is 0. The number of nitrogens with zero attached hydrogens (tertiary/aromatic N) is 5. The average molecular weight is 700 g/mol. The minimum Gasteiger partial charge on any atom is -0.311 e. The lowest BCUT2D eigenvalue weighted by atomic mass is 10.00. The molecule has 55 heavy (non-hydrogen) atoms. The van der Waals surface area contributed by atoms with Gasteiger partial charge < -0.3 is 13.7 Å². The van der Waals surface area contributed by atoms with Crippen molar-refractivity contribution in [1.29, 1.82) is 0 Å². The molecule has 0 aliphatic carbocycles. The summed E-state index contributed by atoms with van der Waals surface area (Å²) in [7, 11) is 0. The summed E-state index contributed by atoms with van der Waals surface area (Å²) in [5, 5.41) is 6.99. The van der Waals surface area contributed by atoms with Crippen molar-refractivity contribution in [2.75, 3.05) is 0 Å². The molecule has 11 rings (SSSR count). The van der Waals surface area contributed by atoms with Crippen molar-refractivity contribution in [3.8, 4) is 28.2 Å². The third-order valence-corrected chi connectivity index (χ3v) is 11.1. The van der Waals surface area contributed by atoms with E-state index in [2.05, 4.69) is 163 Å². The minimum absolute atomic E-state index is 0.554. The third-order valence-electron chi connectivity index (χ3n) is 11.1. The van der Waals surface area contributed by atoms with Crippen LogP contribution >= 0.6 is 0 Å². The van der Waals surface area contributed by atoms with Crippen LogP contribution in [-0.2, 0) is 0 Å². The van der Waals surface area contributed by atoms with E-state index in [0.29, 0.717) is 11.4 Å². The van der Waals surface area contributed by atoms with Gasteiger partial charge in [-0.1, -0.05) is 115 Å². The molecular formula is C50H29N5. The zero-order chi connectivity index (χ0) is 36.6. The van der Waals surface area contributed by atoms with Crippen molar-refractivity contribution in [2.45, 2.75) is 0 Å². The number of aromatic nitrogens is 3. The van der Waals surface area contributed by atoms with Gasteiger partial charge in [-0.3, -0.25) is 0 Å². The topological polar surface area (TPSA) is 23.5 Å². The lowest BCUT2D eigenvalue weighted by molar-refractivity contribution is 1.16. The van der Waals surface area contributed by atoms with Gasteiger partial charge in [-0.25, -0.2) is 9.69 Å². The predicted molar refractivity (Wildman–Crippen MR) is 227 cm³/mol. The second kappa shape index (κ2) is 11.8. The SMILES string of the molecule is [C-]#[N+]c1ccc(-c2ccccc2-n2c3ccccc3c3cc(-n4c5ccccc5c5ccccc54)ccc32)c(-n2c3ccccc3c3ccc([N+]#[C-])cc32)c1. The maximum atomic E-state index is 8.00. The Kier molecular flexibility index (Phi) is 6.61. The molecule has 3 aromatic heterocycles. The Labute approximate surface area is 316 Å². The largest absolute Gasteiger partial charge is 0.311 e. The van der Waals surface area contributed by atoms with Gasteiger partial charge >= 0.3 is 0 Å². The highest BCUT2D eigenvalue weighted by molar-refractivity contribution is 6.13. The second-order valence-electron chi connectivity index (χ2n) is 13.9. The van der Waals surface area contributed by atoms with Crippen molar-refractivity contribution in [3.05, 3.63) is 199 Å². The highest BCUT2D eigenvalue weighted by atomic mass is 15.0. The molecule has 0 atom stereocenters. The lowest BCUT2D eigenvalue weighted by Crippen LogP contribution is -2.01. The Bertz CT molecular complexity index is 3420. The van der Waals surface area contributed by atoms with E-state index < -0.39 is 0 Å². The van der Waals surface area contributed by atoms with E-state index in [4.69, 9.17) is 13.1 Å². The van der Waals surface area contributed by atoms with Gasteiger partial charge in [-0.05, 0) is 60.7 Å². The summed E-state index contributed by atoms with van der Waals surface area (Å²) in [6.07, 6.45) is 0. The first-order valence-electron chi connectivity index (χ1n) is 18.3. The first-order valence-corrected chi connectivity index (χ1v) is 18.3. The molecule has 0 N–H and O–H groups in total. The summed E-state index contributed by atoms with van der Waals surface area (Å²) in [6, 6.07) is 61.5. The Balaban J connectivity index is 1.19. The molecule has 0 aliphatic heterocycles. The third kappa shape index (κ3) is 4.45. The molecule has 0 unspecified atom stereocenters. The van der Waals surface area contributed by atoms with Crippen LogP contribution in [0.5, 0.6) is 0 Å². The molecule has 5 nitrogen and oxygen atoms in total. The smallest absolute Gasteiger partial charge is 0.189 e. The van der Waals surface area contributed by atoms with E-state index in [9.17, 15) is 0 Å². The van der Waals surface area contributed by atoms with Crippen LogP contribution in [0.25, 0.3) is 103 Å². The fourth-order valence-electron chi connectivity index (χ4n) is 8.75. The summed E-state index contributed by atoms with van der Waals surface area (Å²) in [5.41, 5.74) is 12.7. The summed E-state index contributed by atoms with van der Waals surface area (Å²) in [6.45, 7) is 15.8. The molecule has 0 saturated carbocycles. The van der Waals surface area contributed by atoms with Gasteiger partial charge in [-0.2, -0.15) is 0 Å². The normalized spacial score (nSPS) is 11.6. The maximum Gasteiger partial charge on any atom is 0.189 e. The molecule has 0 saturated heterocycles. The van der Waals surface area contributed by atoms with Gasteiger partial charge in [-0.15, -0.1) is 0 Å². The molecule has 0 aliphatic rings. The van der Waals surface area contributed by atoms with E-state index in [0.717, 1.165) is 61.0 Å². The molecule has 5 heteroatoms. The Hall–Kier alpha value is -7.86. The fraction of sp³-hybridized carbons (Fsp3) is 0. The predicted octanol–water partition coefficient (Wildman–Crippen LogP) is 13.7. The highest BCUT2D eigenvalue weighted by Gasteiger charge is 2.21. The maximum absolute atomic E-state index is 8.00. The second-order valence-corrected chi connectivity index (χ2v) is 13.9. The summed E-state index contributed by atoms with van der Waals surface area (Å²) in [5.74, 6) is 0. The Morgan fingerprint density at radius 2 is 0.764 bits per heavy atom. The monoisotopic (exact) mass is 699 g/mol. The molecule has 0 bridgehead atoms. The van der Waals surface area contributed by atoms with E-state index in [-0.39, 0.29) is 0 Å². The quantitative estimate of drug-likeness (QED) is 0.163. The van der Waals surface area contributed by atoms with Crippen molar-refractivity contribution in [1.82, 2.24) is 13.7 Å². The van der Waals surface area contributed by atoms with E-state index in [1.165, 1.54) is 32.6 Å². The van der Waals surface area contributed by atoms with Crippen LogP contribution in [0.15, 0.2) is 176 Å².